The lowest BCUT2D eigenvalue weighted by Gasteiger charge is -2.22. The molecule has 0 saturated carbocycles. The predicted octanol–water partition coefficient (Wildman–Crippen LogP) is 1.30. The average molecular weight is 367 g/mol. The van der Waals surface area contributed by atoms with E-state index in [9.17, 15) is 14.7 Å². The van der Waals surface area contributed by atoms with Crippen molar-refractivity contribution >= 4 is 28.2 Å². The number of esters is 1. The van der Waals surface area contributed by atoms with E-state index in [2.05, 4.69) is 5.32 Å². The van der Waals surface area contributed by atoms with Crippen LogP contribution in [0.15, 0.2) is 0 Å². The zero-order valence-electron chi connectivity index (χ0n) is 14.7. The maximum Gasteiger partial charge on any atom is 0.341 e. The smallest absolute Gasteiger partial charge is 0.341 e. The van der Waals surface area contributed by atoms with Gasteiger partial charge in [0.25, 0.3) is 5.91 Å². The number of hydrogen-bond donors (Lipinski definition) is 3. The molecule has 0 radical (unpaired) electrons. The molecule has 1 saturated heterocycles. The van der Waals surface area contributed by atoms with Gasteiger partial charge in [-0.3, -0.25) is 4.79 Å². The third-order valence-corrected chi connectivity index (χ3v) is 6.20. The lowest BCUT2D eigenvalue weighted by molar-refractivity contribution is -0.896. The number of fused-ring (bicyclic) bond motifs is 1. The minimum Gasteiger partial charge on any atom is -0.462 e. The van der Waals surface area contributed by atoms with E-state index in [0.717, 1.165) is 49.2 Å². The molecule has 1 aliphatic heterocycles. The third-order valence-electron chi connectivity index (χ3n) is 4.95. The van der Waals surface area contributed by atoms with Crippen molar-refractivity contribution in [2.45, 2.75) is 51.6 Å². The molecule has 0 unspecified atom stereocenters. The van der Waals surface area contributed by atoms with Crippen LogP contribution in [-0.4, -0.2) is 43.2 Å². The fraction of sp³-hybridized carbons (Fsp3) is 0.667. The number of likely N-dealkylation sites (tertiary alicyclic amines) is 1. The highest BCUT2D eigenvalue weighted by Crippen LogP contribution is 2.42. The van der Waals surface area contributed by atoms with E-state index >= 15 is 0 Å². The quantitative estimate of drug-likeness (QED) is 0.686. The lowest BCUT2D eigenvalue weighted by atomic mass is 9.93. The van der Waals surface area contributed by atoms with Crippen molar-refractivity contribution in [2.24, 2.45) is 0 Å². The van der Waals surface area contributed by atoms with Gasteiger partial charge in [0.05, 0.1) is 31.4 Å². The molecule has 2 heterocycles. The van der Waals surface area contributed by atoms with E-state index in [1.807, 2.05) is 0 Å². The summed E-state index contributed by atoms with van der Waals surface area (Å²) in [4.78, 5) is 27.0. The number of nitrogens with one attached hydrogen (secondary N) is 2. The minimum atomic E-state index is -0.555. The Morgan fingerprint density at radius 3 is 2.76 bits per heavy atom. The fourth-order valence-corrected chi connectivity index (χ4v) is 5.01. The van der Waals surface area contributed by atoms with Gasteiger partial charge in [-0.25, -0.2) is 4.79 Å². The topological polar surface area (TPSA) is 80.1 Å². The fourth-order valence-electron chi connectivity index (χ4n) is 3.74. The van der Waals surface area contributed by atoms with Crippen molar-refractivity contribution in [3.63, 3.8) is 0 Å². The van der Waals surface area contributed by atoms with Gasteiger partial charge >= 0.3 is 5.97 Å². The van der Waals surface area contributed by atoms with Gasteiger partial charge in [0.15, 0.2) is 6.54 Å². The van der Waals surface area contributed by atoms with Crippen molar-refractivity contribution in [3.05, 3.63) is 16.0 Å². The molecule has 1 amide bonds. The van der Waals surface area contributed by atoms with Crippen LogP contribution in [0, 0.1) is 0 Å². The summed E-state index contributed by atoms with van der Waals surface area (Å²) in [6, 6.07) is 0. The molecule has 3 rings (SSSR count). The number of carbonyl (C=O) groups excluding carboxylic acids is 2. The summed E-state index contributed by atoms with van der Waals surface area (Å²) in [7, 11) is 0. The molecule has 138 valence electrons. The Labute approximate surface area is 152 Å². The molecule has 1 aromatic heterocycles. The van der Waals surface area contributed by atoms with Crippen LogP contribution in [0.25, 0.3) is 0 Å². The Balaban J connectivity index is 1.79. The summed E-state index contributed by atoms with van der Waals surface area (Å²) in [5, 5.41) is 13.7. The van der Waals surface area contributed by atoms with Gasteiger partial charge in [0.2, 0.25) is 0 Å². The highest BCUT2D eigenvalue weighted by molar-refractivity contribution is 7.17. The highest BCUT2D eigenvalue weighted by atomic mass is 32.1. The van der Waals surface area contributed by atoms with Crippen LogP contribution in [0.2, 0.25) is 0 Å². The number of ether oxygens (including phenoxy) is 1. The van der Waals surface area contributed by atoms with E-state index in [0.29, 0.717) is 23.5 Å². The molecule has 0 aromatic carbocycles. The van der Waals surface area contributed by atoms with Crippen LogP contribution < -0.4 is 10.2 Å². The molecule has 25 heavy (non-hydrogen) atoms. The minimum absolute atomic E-state index is 0.0736. The second-order valence-electron chi connectivity index (χ2n) is 6.81. The zero-order chi connectivity index (χ0) is 17.8. The Kier molecular flexibility index (Phi) is 6.09. The molecule has 1 aromatic rings. The molecular formula is C18H27N2O4S+. The van der Waals surface area contributed by atoms with Crippen LogP contribution in [0.3, 0.4) is 0 Å². The van der Waals surface area contributed by atoms with Gasteiger partial charge in [0, 0.05) is 4.88 Å². The number of quaternary nitrogens is 1. The first-order chi connectivity index (χ1) is 12.1. The number of piperidine rings is 1. The molecule has 1 fully saturated rings. The number of aliphatic hydroxyl groups excluding tert-OH is 1. The third kappa shape index (κ3) is 4.22. The summed E-state index contributed by atoms with van der Waals surface area (Å²) in [6.07, 6.45) is 5.29. The van der Waals surface area contributed by atoms with Gasteiger partial charge < -0.3 is 20.1 Å². The van der Waals surface area contributed by atoms with Crippen LogP contribution in [0.5, 0.6) is 0 Å². The van der Waals surface area contributed by atoms with Gasteiger partial charge in [-0.15, -0.1) is 11.3 Å². The SMILES string of the molecule is CCOC(=O)c1c(NC(=O)C[NH+]2CCCCC2)sc2c1CCC[C@H]2O. The molecule has 7 heteroatoms. The van der Waals surface area contributed by atoms with Crippen LogP contribution >= 0.6 is 11.3 Å². The van der Waals surface area contributed by atoms with Crippen molar-refractivity contribution < 1.29 is 24.3 Å². The summed E-state index contributed by atoms with van der Waals surface area (Å²) in [6.45, 7) is 4.53. The monoisotopic (exact) mass is 367 g/mol. The molecule has 2 aliphatic rings. The molecule has 3 N–H and O–H groups in total. The summed E-state index contributed by atoms with van der Waals surface area (Å²) < 4.78 is 5.19. The second kappa shape index (κ2) is 8.29. The summed E-state index contributed by atoms with van der Waals surface area (Å²) >= 11 is 1.32. The summed E-state index contributed by atoms with van der Waals surface area (Å²) in [5.74, 6) is -0.481. The van der Waals surface area contributed by atoms with Gasteiger partial charge in [-0.05, 0) is 51.0 Å². The maximum absolute atomic E-state index is 12.5. The predicted molar refractivity (Wildman–Crippen MR) is 96.2 cm³/mol. The van der Waals surface area contributed by atoms with Gasteiger partial charge in [0.1, 0.15) is 5.00 Å². The number of rotatable bonds is 5. The van der Waals surface area contributed by atoms with E-state index in [-0.39, 0.29) is 12.5 Å². The molecule has 0 spiro atoms. The molecular weight excluding hydrogens is 340 g/mol. The maximum atomic E-state index is 12.5. The van der Waals surface area contributed by atoms with E-state index in [1.165, 1.54) is 22.7 Å². The average Bonchev–Trinajstić information content (AvgIpc) is 2.95. The Bertz CT molecular complexity index is 637. The first kappa shape index (κ1) is 18.4. The molecule has 1 atom stereocenters. The van der Waals surface area contributed by atoms with E-state index < -0.39 is 12.1 Å². The standard InChI is InChI=1S/C18H26N2O4S/c1-2-24-18(23)15-12-7-6-8-13(21)16(12)25-17(15)19-14(22)11-20-9-4-3-5-10-20/h13,21H,2-11H2,1H3,(H,19,22)/p+1/t13-/m1/s1. The largest absolute Gasteiger partial charge is 0.462 e. The van der Waals surface area contributed by atoms with Crippen molar-refractivity contribution in [2.75, 3.05) is 31.6 Å². The second-order valence-corrected chi connectivity index (χ2v) is 7.87. The number of amides is 1. The van der Waals surface area contributed by atoms with E-state index in [1.54, 1.807) is 6.92 Å². The van der Waals surface area contributed by atoms with Crippen molar-refractivity contribution in [1.29, 1.82) is 0 Å². The first-order valence-electron chi connectivity index (χ1n) is 9.24. The van der Waals surface area contributed by atoms with Gasteiger partial charge in [-0.2, -0.15) is 0 Å². The summed E-state index contributed by atoms with van der Waals surface area (Å²) in [5.41, 5.74) is 1.30. The number of thiophene rings is 1. The first-order valence-corrected chi connectivity index (χ1v) is 10.1. The number of hydrogen-bond acceptors (Lipinski definition) is 5. The van der Waals surface area contributed by atoms with Gasteiger partial charge in [-0.1, -0.05) is 0 Å². The normalized spacial score (nSPS) is 20.8. The lowest BCUT2D eigenvalue weighted by Crippen LogP contribution is -3.13. The number of aliphatic hydroxyl groups is 1. The Hall–Kier alpha value is -1.44. The highest BCUT2D eigenvalue weighted by Gasteiger charge is 2.31. The van der Waals surface area contributed by atoms with Crippen LogP contribution in [0.1, 0.15) is 65.9 Å². The Morgan fingerprint density at radius 1 is 1.28 bits per heavy atom. The molecule has 1 aliphatic carbocycles. The number of carbonyl (C=O) groups is 2. The van der Waals surface area contributed by atoms with Crippen molar-refractivity contribution in [1.82, 2.24) is 0 Å². The molecule has 0 bridgehead atoms. The van der Waals surface area contributed by atoms with Crippen LogP contribution in [0.4, 0.5) is 5.00 Å². The van der Waals surface area contributed by atoms with Crippen LogP contribution in [-0.2, 0) is 16.0 Å². The van der Waals surface area contributed by atoms with E-state index in [4.69, 9.17) is 4.74 Å². The zero-order valence-corrected chi connectivity index (χ0v) is 15.5. The number of anilines is 1. The Morgan fingerprint density at radius 2 is 2.04 bits per heavy atom. The van der Waals surface area contributed by atoms with Crippen molar-refractivity contribution in [3.8, 4) is 0 Å². The molecule has 6 nitrogen and oxygen atoms in total.